The molecular weight excluding hydrogens is 235 g/mol. The van der Waals surface area contributed by atoms with Crippen molar-refractivity contribution in [2.45, 2.75) is 0 Å². The molecule has 0 aromatic carbocycles. The van der Waals surface area contributed by atoms with Gasteiger partial charge < -0.3 is 9.97 Å². The number of hydrogen-bond acceptors (Lipinski definition) is 4. The van der Waals surface area contributed by atoms with Crippen molar-refractivity contribution in [2.24, 2.45) is 0 Å². The Morgan fingerprint density at radius 2 is 1.76 bits per heavy atom. The van der Waals surface area contributed by atoms with Gasteiger partial charge in [-0.1, -0.05) is 0 Å². The normalized spacial score (nSPS) is 10.4. The molecule has 0 unspecified atom stereocenters. The van der Waals surface area contributed by atoms with Crippen molar-refractivity contribution in [3.63, 3.8) is 0 Å². The van der Waals surface area contributed by atoms with Crippen molar-refractivity contribution in [1.82, 2.24) is 19.5 Å². The van der Waals surface area contributed by atoms with E-state index in [0.717, 1.165) is 6.20 Å². The van der Waals surface area contributed by atoms with E-state index >= 15 is 0 Å². The third kappa shape index (κ3) is 1.73. The molecule has 0 bridgehead atoms. The van der Waals surface area contributed by atoms with E-state index < -0.39 is 34.0 Å². The number of nitrogens with one attached hydrogen (secondary N) is 3. The molecule has 0 fully saturated rings. The maximum Gasteiger partial charge on any atom is 0.333 e. The van der Waals surface area contributed by atoms with Crippen molar-refractivity contribution < 1.29 is 4.39 Å². The van der Waals surface area contributed by atoms with Crippen LogP contribution < -0.4 is 22.5 Å². The van der Waals surface area contributed by atoms with Crippen molar-refractivity contribution >= 4 is 0 Å². The number of nitrogens with zero attached hydrogens (tertiary/aromatic N) is 1. The van der Waals surface area contributed by atoms with Crippen LogP contribution in [0.25, 0.3) is 5.69 Å². The Balaban J connectivity index is 2.92. The third-order valence-electron chi connectivity index (χ3n) is 1.97. The number of H-pyrrole nitrogens is 3. The van der Waals surface area contributed by atoms with Gasteiger partial charge in [0, 0.05) is 12.4 Å². The van der Waals surface area contributed by atoms with Crippen LogP contribution in [0, 0.1) is 5.82 Å². The molecule has 0 aliphatic carbocycles. The van der Waals surface area contributed by atoms with E-state index in [1.165, 1.54) is 0 Å². The van der Waals surface area contributed by atoms with E-state index in [1.807, 2.05) is 9.97 Å². The lowest BCUT2D eigenvalue weighted by Gasteiger charge is -2.01. The summed E-state index contributed by atoms with van der Waals surface area (Å²) in [7, 11) is 0. The van der Waals surface area contributed by atoms with E-state index in [0.29, 0.717) is 6.20 Å². The lowest BCUT2D eigenvalue weighted by Crippen LogP contribution is -2.39. The van der Waals surface area contributed by atoms with Crippen LogP contribution >= 0.6 is 0 Å². The summed E-state index contributed by atoms with van der Waals surface area (Å²) in [5.41, 5.74) is -4.54. The summed E-state index contributed by atoms with van der Waals surface area (Å²) in [4.78, 5) is 50.6. The predicted molar refractivity (Wildman–Crippen MR) is 53.9 cm³/mol. The molecule has 8 nitrogen and oxygen atoms in total. The Morgan fingerprint density at radius 3 is 2.41 bits per heavy atom. The minimum absolute atomic E-state index is 0.282. The minimum Gasteiger partial charge on any atom is -0.312 e. The van der Waals surface area contributed by atoms with E-state index in [2.05, 4.69) is 4.98 Å². The molecule has 88 valence electrons. The average Bonchev–Trinajstić information content (AvgIpc) is 2.27. The summed E-state index contributed by atoms with van der Waals surface area (Å²) < 4.78 is 13.3. The molecule has 2 rings (SSSR count). The standard InChI is InChI=1S/C8H5FN4O4/c9-3-1-11-8(17)13(6(3)15)4-2-10-7(16)12-5(4)14/h1-2H,(H,11,17)(H2,10,12,14,16). The fraction of sp³-hybridized carbons (Fsp3) is 0. The Morgan fingerprint density at radius 1 is 1.06 bits per heavy atom. The van der Waals surface area contributed by atoms with Gasteiger partial charge in [0.05, 0.1) is 0 Å². The van der Waals surface area contributed by atoms with Gasteiger partial charge in [0.2, 0.25) is 5.82 Å². The number of hydrogen-bond donors (Lipinski definition) is 3. The molecule has 0 saturated carbocycles. The molecule has 0 aliphatic heterocycles. The Labute approximate surface area is 90.4 Å². The Kier molecular flexibility index (Phi) is 2.35. The SMILES string of the molecule is O=c1[nH]cc(-n2c(=O)[nH]cc(F)c2=O)c(=O)[nH]1. The van der Waals surface area contributed by atoms with Crippen molar-refractivity contribution in [3.05, 3.63) is 59.9 Å². The van der Waals surface area contributed by atoms with Crippen molar-refractivity contribution in [3.8, 4) is 5.69 Å². The highest BCUT2D eigenvalue weighted by Crippen LogP contribution is 1.88. The highest BCUT2D eigenvalue weighted by atomic mass is 19.1. The van der Waals surface area contributed by atoms with E-state index in [9.17, 15) is 23.6 Å². The molecular formula is C8H5FN4O4. The van der Waals surface area contributed by atoms with Gasteiger partial charge in [0.1, 0.15) is 5.69 Å². The molecule has 2 heterocycles. The highest BCUT2D eigenvalue weighted by molar-refractivity contribution is 5.24. The third-order valence-corrected chi connectivity index (χ3v) is 1.97. The van der Waals surface area contributed by atoms with E-state index in [4.69, 9.17) is 0 Å². The highest BCUT2D eigenvalue weighted by Gasteiger charge is 2.12. The summed E-state index contributed by atoms with van der Waals surface area (Å²) in [6, 6.07) is 0. The topological polar surface area (TPSA) is 121 Å². The molecule has 17 heavy (non-hydrogen) atoms. The predicted octanol–water partition coefficient (Wildman–Crippen LogP) is -1.96. The summed E-state index contributed by atoms with van der Waals surface area (Å²) in [6.07, 6.45) is 1.43. The van der Waals surface area contributed by atoms with Crippen LogP contribution in [0.15, 0.2) is 31.6 Å². The van der Waals surface area contributed by atoms with E-state index in [1.54, 1.807) is 0 Å². The Hall–Kier alpha value is -2.71. The second-order valence-electron chi connectivity index (χ2n) is 3.04. The molecule has 0 radical (unpaired) electrons. The summed E-state index contributed by atoms with van der Waals surface area (Å²) in [5.74, 6) is -1.23. The molecule has 0 saturated heterocycles. The van der Waals surface area contributed by atoms with Crippen LogP contribution in [0.4, 0.5) is 4.39 Å². The first kappa shape index (κ1) is 10.8. The van der Waals surface area contributed by atoms with Crippen LogP contribution in [-0.4, -0.2) is 19.5 Å². The van der Waals surface area contributed by atoms with Crippen LogP contribution in [0.1, 0.15) is 0 Å². The minimum atomic E-state index is -1.29. The quantitative estimate of drug-likeness (QED) is 0.536. The van der Waals surface area contributed by atoms with Gasteiger partial charge in [-0.3, -0.25) is 14.6 Å². The first-order chi connectivity index (χ1) is 8.00. The van der Waals surface area contributed by atoms with Gasteiger partial charge >= 0.3 is 11.4 Å². The lowest BCUT2D eigenvalue weighted by molar-refractivity contribution is 0.582. The molecule has 9 heteroatoms. The maximum absolute atomic E-state index is 13.0. The first-order valence-corrected chi connectivity index (χ1v) is 4.33. The van der Waals surface area contributed by atoms with Crippen LogP contribution in [0.5, 0.6) is 0 Å². The number of aromatic amines is 3. The van der Waals surface area contributed by atoms with Crippen LogP contribution in [0.3, 0.4) is 0 Å². The second-order valence-corrected chi connectivity index (χ2v) is 3.04. The van der Waals surface area contributed by atoms with Gasteiger partial charge in [-0.05, 0) is 0 Å². The fourth-order valence-corrected chi connectivity index (χ4v) is 1.24. The van der Waals surface area contributed by atoms with Gasteiger partial charge in [0.25, 0.3) is 11.1 Å². The van der Waals surface area contributed by atoms with Crippen molar-refractivity contribution in [2.75, 3.05) is 0 Å². The zero-order valence-corrected chi connectivity index (χ0v) is 8.11. The van der Waals surface area contributed by atoms with Gasteiger partial charge in [0.15, 0.2) is 0 Å². The van der Waals surface area contributed by atoms with Gasteiger partial charge in [-0.2, -0.15) is 4.39 Å². The zero-order chi connectivity index (χ0) is 12.6. The zero-order valence-electron chi connectivity index (χ0n) is 8.11. The molecule has 0 amide bonds. The smallest absolute Gasteiger partial charge is 0.312 e. The molecule has 0 atom stereocenters. The molecule has 0 aliphatic rings. The lowest BCUT2D eigenvalue weighted by atomic mass is 10.5. The summed E-state index contributed by atoms with van der Waals surface area (Å²) in [5, 5.41) is 0. The van der Waals surface area contributed by atoms with Crippen LogP contribution in [0.2, 0.25) is 0 Å². The van der Waals surface area contributed by atoms with Crippen LogP contribution in [-0.2, 0) is 0 Å². The fourth-order valence-electron chi connectivity index (χ4n) is 1.24. The largest absolute Gasteiger partial charge is 0.333 e. The second kappa shape index (κ2) is 3.70. The number of halogens is 1. The number of rotatable bonds is 1. The van der Waals surface area contributed by atoms with Gasteiger partial charge in [-0.15, -0.1) is 0 Å². The number of aromatic nitrogens is 4. The molecule has 2 aromatic heterocycles. The van der Waals surface area contributed by atoms with E-state index in [-0.39, 0.29) is 4.57 Å². The first-order valence-electron chi connectivity index (χ1n) is 4.33. The summed E-state index contributed by atoms with van der Waals surface area (Å²) >= 11 is 0. The monoisotopic (exact) mass is 240 g/mol. The summed E-state index contributed by atoms with van der Waals surface area (Å²) in [6.45, 7) is 0. The molecule has 3 N–H and O–H groups in total. The van der Waals surface area contributed by atoms with Crippen molar-refractivity contribution in [1.29, 1.82) is 0 Å². The molecule has 0 spiro atoms. The maximum atomic E-state index is 13.0. The average molecular weight is 240 g/mol. The van der Waals surface area contributed by atoms with Gasteiger partial charge in [-0.25, -0.2) is 14.2 Å². The Bertz CT molecular complexity index is 796. The molecule has 2 aromatic rings.